The predicted molar refractivity (Wildman–Crippen MR) is 72.1 cm³/mol. The molecular formula is C14H16OS. The highest BCUT2D eigenvalue weighted by molar-refractivity contribution is 7.15. The normalized spacial score (nSPS) is 9.19. The van der Waals surface area contributed by atoms with Crippen LogP contribution in [0, 0.1) is 6.92 Å². The minimum atomic E-state index is 0.0834. The molecule has 0 radical (unpaired) electrons. The van der Waals surface area contributed by atoms with Gasteiger partial charge in [0.1, 0.15) is 0 Å². The van der Waals surface area contributed by atoms with Gasteiger partial charge in [0.2, 0.25) is 0 Å². The van der Waals surface area contributed by atoms with E-state index in [0.29, 0.717) is 0 Å². The third kappa shape index (κ3) is 3.31. The van der Waals surface area contributed by atoms with E-state index < -0.39 is 0 Å². The van der Waals surface area contributed by atoms with Gasteiger partial charge in [-0.2, -0.15) is 0 Å². The van der Waals surface area contributed by atoms with Crippen molar-refractivity contribution in [1.29, 1.82) is 0 Å². The smallest absolute Gasteiger partial charge is 0.181 e. The minimum Gasteiger partial charge on any atom is -0.290 e. The van der Waals surface area contributed by atoms with Crippen molar-refractivity contribution >= 4 is 11.3 Å². The van der Waals surface area contributed by atoms with Gasteiger partial charge in [-0.3, -0.25) is 4.79 Å². The molecule has 0 saturated heterocycles. The SMILES string of the molecule is CC.Cc1cc(=O)cc(-c2ccccc2)s1. The van der Waals surface area contributed by atoms with Crippen molar-refractivity contribution in [3.8, 4) is 10.4 Å². The fourth-order valence-electron chi connectivity index (χ4n) is 1.35. The van der Waals surface area contributed by atoms with Gasteiger partial charge in [0.05, 0.1) is 0 Å². The van der Waals surface area contributed by atoms with Crippen molar-refractivity contribution in [2.45, 2.75) is 20.8 Å². The Morgan fingerprint density at radius 3 is 2.19 bits per heavy atom. The minimum absolute atomic E-state index is 0.0834. The van der Waals surface area contributed by atoms with E-state index in [1.807, 2.05) is 51.1 Å². The molecule has 0 N–H and O–H groups in total. The van der Waals surface area contributed by atoms with E-state index in [-0.39, 0.29) is 5.43 Å². The molecule has 1 heterocycles. The summed E-state index contributed by atoms with van der Waals surface area (Å²) in [7, 11) is 0. The van der Waals surface area contributed by atoms with Gasteiger partial charge in [0, 0.05) is 15.8 Å². The van der Waals surface area contributed by atoms with Crippen LogP contribution >= 0.6 is 11.3 Å². The molecule has 0 aliphatic carbocycles. The number of rotatable bonds is 1. The summed E-state index contributed by atoms with van der Waals surface area (Å²) in [6.45, 7) is 5.96. The van der Waals surface area contributed by atoms with Crippen LogP contribution in [-0.4, -0.2) is 0 Å². The van der Waals surface area contributed by atoms with Gasteiger partial charge in [-0.05, 0) is 18.6 Å². The second-order valence-corrected chi connectivity index (χ2v) is 4.42. The van der Waals surface area contributed by atoms with E-state index in [1.165, 1.54) is 0 Å². The maximum Gasteiger partial charge on any atom is 0.181 e. The van der Waals surface area contributed by atoms with Gasteiger partial charge in [0.25, 0.3) is 0 Å². The van der Waals surface area contributed by atoms with Crippen LogP contribution in [0.1, 0.15) is 18.7 Å². The molecule has 2 rings (SSSR count). The summed E-state index contributed by atoms with van der Waals surface area (Å²) in [5, 5.41) is 0. The van der Waals surface area contributed by atoms with Crippen LogP contribution in [0.15, 0.2) is 47.3 Å². The maximum atomic E-state index is 11.3. The monoisotopic (exact) mass is 232 g/mol. The quantitative estimate of drug-likeness (QED) is 0.723. The van der Waals surface area contributed by atoms with E-state index in [9.17, 15) is 4.79 Å². The zero-order valence-electron chi connectivity index (χ0n) is 9.86. The Morgan fingerprint density at radius 2 is 1.62 bits per heavy atom. The molecule has 84 valence electrons. The van der Waals surface area contributed by atoms with E-state index in [1.54, 1.807) is 23.5 Å². The highest BCUT2D eigenvalue weighted by atomic mass is 32.1. The standard InChI is InChI=1S/C12H10OS.C2H6/c1-9-7-11(13)8-12(14-9)10-5-3-2-4-6-10;1-2/h2-8H,1H3;1-2H3. The van der Waals surface area contributed by atoms with Crippen LogP contribution in [-0.2, 0) is 0 Å². The Bertz CT molecular complexity index is 486. The summed E-state index contributed by atoms with van der Waals surface area (Å²) in [5.74, 6) is 0. The summed E-state index contributed by atoms with van der Waals surface area (Å²) in [4.78, 5) is 13.4. The van der Waals surface area contributed by atoms with Gasteiger partial charge in [-0.25, -0.2) is 0 Å². The molecule has 0 fully saturated rings. The zero-order valence-corrected chi connectivity index (χ0v) is 10.7. The predicted octanol–water partition coefficient (Wildman–Crippen LogP) is 4.11. The number of hydrogen-bond donors (Lipinski definition) is 0. The molecular weight excluding hydrogens is 216 g/mol. The van der Waals surface area contributed by atoms with E-state index in [4.69, 9.17) is 0 Å². The highest BCUT2D eigenvalue weighted by Gasteiger charge is 1.99. The summed E-state index contributed by atoms with van der Waals surface area (Å²) in [6.07, 6.45) is 0. The maximum absolute atomic E-state index is 11.3. The fraction of sp³-hybridized carbons (Fsp3) is 0.214. The lowest BCUT2D eigenvalue weighted by Gasteiger charge is -1.99. The third-order valence-electron chi connectivity index (χ3n) is 1.95. The summed E-state index contributed by atoms with van der Waals surface area (Å²) in [6, 6.07) is 13.3. The van der Waals surface area contributed by atoms with E-state index in [2.05, 4.69) is 0 Å². The molecule has 1 aromatic carbocycles. The molecule has 0 saturated carbocycles. The summed E-state index contributed by atoms with van der Waals surface area (Å²) in [5.41, 5.74) is 1.19. The molecule has 16 heavy (non-hydrogen) atoms. The molecule has 2 aromatic rings. The lowest BCUT2D eigenvalue weighted by Crippen LogP contribution is -1.95. The van der Waals surface area contributed by atoms with Gasteiger partial charge < -0.3 is 0 Å². The number of benzene rings is 1. The van der Waals surface area contributed by atoms with Crippen molar-refractivity contribution in [2.75, 3.05) is 0 Å². The molecule has 2 heteroatoms. The van der Waals surface area contributed by atoms with Crippen LogP contribution in [0.2, 0.25) is 0 Å². The van der Waals surface area contributed by atoms with Gasteiger partial charge in [-0.1, -0.05) is 44.2 Å². The first-order valence-corrected chi connectivity index (χ1v) is 6.24. The van der Waals surface area contributed by atoms with Crippen LogP contribution in [0.3, 0.4) is 0 Å². The summed E-state index contributed by atoms with van der Waals surface area (Å²) < 4.78 is 0. The van der Waals surface area contributed by atoms with Crippen LogP contribution in [0.25, 0.3) is 10.4 Å². The van der Waals surface area contributed by atoms with Crippen molar-refractivity contribution in [1.82, 2.24) is 0 Å². The van der Waals surface area contributed by atoms with Crippen molar-refractivity contribution < 1.29 is 0 Å². The van der Waals surface area contributed by atoms with Crippen molar-refractivity contribution in [3.05, 3.63) is 57.6 Å². The molecule has 0 spiro atoms. The van der Waals surface area contributed by atoms with Gasteiger partial charge in [0.15, 0.2) is 5.43 Å². The number of aryl methyl sites for hydroxylation is 1. The second kappa shape index (κ2) is 6.23. The average molecular weight is 232 g/mol. The molecule has 0 unspecified atom stereocenters. The molecule has 0 aliphatic rings. The Balaban J connectivity index is 0.000000606. The van der Waals surface area contributed by atoms with E-state index in [0.717, 1.165) is 15.3 Å². The number of hydrogen-bond acceptors (Lipinski definition) is 2. The first-order valence-electron chi connectivity index (χ1n) is 5.43. The fourth-order valence-corrected chi connectivity index (χ4v) is 2.30. The Morgan fingerprint density at radius 1 is 1.00 bits per heavy atom. The lowest BCUT2D eigenvalue weighted by atomic mass is 10.2. The van der Waals surface area contributed by atoms with Crippen molar-refractivity contribution in [3.63, 3.8) is 0 Å². The molecule has 1 aromatic heterocycles. The molecule has 1 nitrogen and oxygen atoms in total. The highest BCUT2D eigenvalue weighted by Crippen LogP contribution is 2.23. The molecule has 0 amide bonds. The molecule has 0 aliphatic heterocycles. The van der Waals surface area contributed by atoms with Crippen LogP contribution in [0.4, 0.5) is 0 Å². The lowest BCUT2D eigenvalue weighted by molar-refractivity contribution is 1.50. The molecule has 0 atom stereocenters. The Labute approximate surface area is 100 Å². The largest absolute Gasteiger partial charge is 0.290 e. The second-order valence-electron chi connectivity index (χ2n) is 3.13. The van der Waals surface area contributed by atoms with Gasteiger partial charge >= 0.3 is 0 Å². The van der Waals surface area contributed by atoms with Crippen LogP contribution < -0.4 is 5.43 Å². The summed E-state index contributed by atoms with van der Waals surface area (Å²) >= 11 is 1.64. The van der Waals surface area contributed by atoms with Gasteiger partial charge in [-0.15, -0.1) is 11.3 Å². The van der Waals surface area contributed by atoms with E-state index >= 15 is 0 Å². The van der Waals surface area contributed by atoms with Crippen LogP contribution in [0.5, 0.6) is 0 Å². The van der Waals surface area contributed by atoms with Crippen molar-refractivity contribution in [2.24, 2.45) is 0 Å². The topological polar surface area (TPSA) is 17.1 Å². The Hall–Kier alpha value is -1.41. The zero-order chi connectivity index (χ0) is 12.0. The first kappa shape index (κ1) is 12.7. The first-order chi connectivity index (χ1) is 7.75. The average Bonchev–Trinajstić information content (AvgIpc) is 2.32. The Kier molecular flexibility index (Phi) is 4.93. The molecule has 0 bridgehead atoms. The third-order valence-corrected chi connectivity index (χ3v) is 2.96.